The Morgan fingerprint density at radius 1 is 1.47 bits per heavy atom. The molecule has 4 heteroatoms. The highest BCUT2D eigenvalue weighted by atomic mass is 32.1. The summed E-state index contributed by atoms with van der Waals surface area (Å²) < 4.78 is 5.36. The number of ether oxygens (including phenoxy) is 1. The largest absolute Gasteiger partial charge is 0.461 e. The first-order chi connectivity index (χ1) is 7.13. The third kappa shape index (κ3) is 4.43. The number of carbonyl (C=O) groups is 1. The number of nitrogens with two attached hydrogens (primary N) is 1. The molecule has 15 heavy (non-hydrogen) atoms. The molecule has 0 saturated heterocycles. The highest BCUT2D eigenvalue weighted by Crippen LogP contribution is 2.25. The van der Waals surface area contributed by atoms with E-state index < -0.39 is 6.04 Å². The zero-order valence-corrected chi connectivity index (χ0v) is 10.2. The van der Waals surface area contributed by atoms with Crippen LogP contribution in [-0.4, -0.2) is 23.9 Å². The minimum absolute atomic E-state index is 0.0969. The fourth-order valence-corrected chi connectivity index (χ4v) is 2.13. The van der Waals surface area contributed by atoms with E-state index in [-0.39, 0.29) is 12.1 Å². The minimum Gasteiger partial charge on any atom is -0.461 e. The third-order valence-corrected chi connectivity index (χ3v) is 3.25. The molecule has 88 valence electrons. The van der Waals surface area contributed by atoms with Gasteiger partial charge in [0.25, 0.3) is 0 Å². The molecule has 0 bridgehead atoms. The van der Waals surface area contributed by atoms with Crippen molar-refractivity contribution in [2.24, 2.45) is 11.7 Å². The number of carbonyl (C=O) groups excluding carboxylic acids is 1. The van der Waals surface area contributed by atoms with E-state index in [1.165, 1.54) is 0 Å². The smallest absolute Gasteiger partial charge is 0.323 e. The molecule has 1 aliphatic carbocycles. The van der Waals surface area contributed by atoms with Crippen molar-refractivity contribution in [1.29, 1.82) is 0 Å². The summed E-state index contributed by atoms with van der Waals surface area (Å²) in [6, 6.07) is -0.498. The van der Waals surface area contributed by atoms with E-state index >= 15 is 0 Å². The van der Waals surface area contributed by atoms with Crippen molar-refractivity contribution in [2.75, 3.05) is 5.75 Å². The summed E-state index contributed by atoms with van der Waals surface area (Å²) in [6.07, 6.45) is 4.96. The number of hydrogen-bond acceptors (Lipinski definition) is 4. The predicted molar refractivity (Wildman–Crippen MR) is 64.0 cm³/mol. The molecular formula is C11H21NO2S. The second kappa shape index (κ2) is 6.38. The molecule has 1 rings (SSSR count). The molecule has 0 heterocycles. The normalized spacial score (nSPS) is 28.5. The molecule has 2 N–H and O–H groups in total. The summed E-state index contributed by atoms with van der Waals surface area (Å²) in [5.74, 6) is 1.13. The molecule has 1 saturated carbocycles. The van der Waals surface area contributed by atoms with Gasteiger partial charge in [0.2, 0.25) is 0 Å². The first-order valence-electron chi connectivity index (χ1n) is 5.70. The Hall–Kier alpha value is -0.220. The molecule has 0 aromatic carbocycles. The van der Waals surface area contributed by atoms with Crippen LogP contribution >= 0.6 is 12.6 Å². The maximum Gasteiger partial charge on any atom is 0.323 e. The number of esters is 1. The molecule has 0 spiro atoms. The van der Waals surface area contributed by atoms with Gasteiger partial charge in [-0.05, 0) is 43.8 Å². The van der Waals surface area contributed by atoms with E-state index in [9.17, 15) is 4.79 Å². The molecular weight excluding hydrogens is 210 g/mol. The van der Waals surface area contributed by atoms with Crippen molar-refractivity contribution in [2.45, 2.75) is 51.2 Å². The van der Waals surface area contributed by atoms with Gasteiger partial charge in [0.05, 0.1) is 0 Å². The number of rotatable bonds is 4. The summed E-state index contributed by atoms with van der Waals surface area (Å²) in [4.78, 5) is 11.5. The van der Waals surface area contributed by atoms with Gasteiger partial charge in [0, 0.05) is 0 Å². The van der Waals surface area contributed by atoms with Crippen molar-refractivity contribution in [3.05, 3.63) is 0 Å². The lowest BCUT2D eigenvalue weighted by Gasteiger charge is -2.26. The lowest BCUT2D eigenvalue weighted by molar-refractivity contribution is -0.152. The van der Waals surface area contributed by atoms with Gasteiger partial charge in [0.15, 0.2) is 0 Å². The zero-order chi connectivity index (χ0) is 11.3. The number of hydrogen-bond donors (Lipinski definition) is 2. The van der Waals surface area contributed by atoms with E-state index in [0.717, 1.165) is 31.6 Å². The van der Waals surface area contributed by atoms with Crippen LogP contribution in [0.2, 0.25) is 0 Å². The van der Waals surface area contributed by atoms with Gasteiger partial charge in [0.1, 0.15) is 12.1 Å². The Morgan fingerprint density at radius 2 is 2.07 bits per heavy atom. The molecule has 1 atom stereocenters. The third-order valence-electron chi connectivity index (χ3n) is 2.99. The molecule has 3 nitrogen and oxygen atoms in total. The fraction of sp³-hybridized carbons (Fsp3) is 0.909. The monoisotopic (exact) mass is 231 g/mol. The Kier molecular flexibility index (Phi) is 5.47. The van der Waals surface area contributed by atoms with Crippen LogP contribution in [0, 0.1) is 5.92 Å². The highest BCUT2D eigenvalue weighted by molar-refractivity contribution is 7.80. The molecule has 0 aliphatic heterocycles. The summed E-state index contributed by atoms with van der Waals surface area (Å²) in [5.41, 5.74) is 5.65. The molecule has 0 amide bonds. The maximum atomic E-state index is 11.5. The standard InChI is InChI=1S/C11H21NO2S/c1-8-2-4-9(5-3-8)14-11(13)10(12)6-7-15/h8-10,15H,2-7,12H2,1H3. The molecule has 1 unspecified atom stereocenters. The van der Waals surface area contributed by atoms with Gasteiger partial charge >= 0.3 is 5.97 Å². The van der Waals surface area contributed by atoms with E-state index in [1.807, 2.05) is 0 Å². The van der Waals surface area contributed by atoms with Gasteiger partial charge in [-0.25, -0.2) is 0 Å². The van der Waals surface area contributed by atoms with E-state index in [0.29, 0.717) is 12.2 Å². The molecule has 0 aromatic rings. The van der Waals surface area contributed by atoms with Gasteiger partial charge in [-0.15, -0.1) is 0 Å². The van der Waals surface area contributed by atoms with Gasteiger partial charge < -0.3 is 10.5 Å². The van der Waals surface area contributed by atoms with Crippen LogP contribution in [0.3, 0.4) is 0 Å². The topological polar surface area (TPSA) is 52.3 Å². The molecule has 0 aromatic heterocycles. The summed E-state index contributed by atoms with van der Waals surface area (Å²) in [5, 5.41) is 0. The maximum absolute atomic E-state index is 11.5. The second-order valence-corrected chi connectivity index (χ2v) is 4.88. The fourth-order valence-electron chi connectivity index (χ4n) is 1.86. The van der Waals surface area contributed by atoms with Crippen LogP contribution in [0.4, 0.5) is 0 Å². The Labute approximate surface area is 97.2 Å². The summed E-state index contributed by atoms with van der Waals surface area (Å²) in [6.45, 7) is 2.24. The second-order valence-electron chi connectivity index (χ2n) is 4.44. The van der Waals surface area contributed by atoms with Crippen LogP contribution in [0.1, 0.15) is 39.0 Å². The average Bonchev–Trinajstić information content (AvgIpc) is 2.22. The first kappa shape index (κ1) is 12.8. The molecule has 1 aliphatic rings. The van der Waals surface area contributed by atoms with Crippen LogP contribution in [0.5, 0.6) is 0 Å². The van der Waals surface area contributed by atoms with E-state index in [4.69, 9.17) is 10.5 Å². The Morgan fingerprint density at radius 3 is 2.60 bits per heavy atom. The SMILES string of the molecule is CC1CCC(OC(=O)C(N)CCS)CC1. The zero-order valence-electron chi connectivity index (χ0n) is 9.32. The van der Waals surface area contributed by atoms with Gasteiger partial charge in [-0.1, -0.05) is 6.92 Å². The first-order valence-corrected chi connectivity index (χ1v) is 6.33. The average molecular weight is 231 g/mol. The van der Waals surface area contributed by atoms with Crippen molar-refractivity contribution in [1.82, 2.24) is 0 Å². The van der Waals surface area contributed by atoms with Gasteiger partial charge in [-0.2, -0.15) is 12.6 Å². The lowest BCUT2D eigenvalue weighted by Crippen LogP contribution is -2.36. The van der Waals surface area contributed by atoms with Crippen LogP contribution in [-0.2, 0) is 9.53 Å². The van der Waals surface area contributed by atoms with Crippen LogP contribution in [0.15, 0.2) is 0 Å². The highest BCUT2D eigenvalue weighted by Gasteiger charge is 2.23. The summed E-state index contributed by atoms with van der Waals surface area (Å²) >= 11 is 4.04. The van der Waals surface area contributed by atoms with E-state index in [1.54, 1.807) is 0 Å². The minimum atomic E-state index is -0.498. The van der Waals surface area contributed by atoms with Crippen molar-refractivity contribution < 1.29 is 9.53 Å². The molecule has 0 radical (unpaired) electrons. The Balaban J connectivity index is 2.25. The number of thiol groups is 1. The quantitative estimate of drug-likeness (QED) is 0.572. The predicted octanol–water partition coefficient (Wildman–Crippen LogP) is 1.76. The van der Waals surface area contributed by atoms with Crippen molar-refractivity contribution >= 4 is 18.6 Å². The van der Waals surface area contributed by atoms with Crippen molar-refractivity contribution in [3.8, 4) is 0 Å². The van der Waals surface area contributed by atoms with E-state index in [2.05, 4.69) is 19.6 Å². The Bertz CT molecular complexity index is 203. The lowest BCUT2D eigenvalue weighted by atomic mass is 9.89. The van der Waals surface area contributed by atoms with Crippen molar-refractivity contribution in [3.63, 3.8) is 0 Å². The molecule has 1 fully saturated rings. The summed E-state index contributed by atoms with van der Waals surface area (Å²) in [7, 11) is 0. The van der Waals surface area contributed by atoms with Gasteiger partial charge in [-0.3, -0.25) is 4.79 Å². The van der Waals surface area contributed by atoms with Crippen LogP contribution in [0.25, 0.3) is 0 Å². The van der Waals surface area contributed by atoms with Crippen LogP contribution < -0.4 is 5.73 Å².